The van der Waals surface area contributed by atoms with Gasteiger partial charge in [0.2, 0.25) is 0 Å². The van der Waals surface area contributed by atoms with Crippen molar-refractivity contribution in [3.63, 3.8) is 0 Å². The molecule has 0 N–H and O–H groups in total. The van der Waals surface area contributed by atoms with Crippen molar-refractivity contribution in [2.75, 3.05) is 0 Å². The Hall–Kier alpha value is -0.330. The molecule has 0 saturated heterocycles. The van der Waals surface area contributed by atoms with Gasteiger partial charge in [0.25, 0.3) is 0 Å². The molecule has 1 nitrogen and oxygen atoms in total. The highest BCUT2D eigenvalue weighted by atomic mass is 16.1. The zero-order chi connectivity index (χ0) is 7.40. The van der Waals surface area contributed by atoms with Crippen LogP contribution in [0, 0.1) is 5.92 Å². The van der Waals surface area contributed by atoms with Crippen LogP contribution in [0.4, 0.5) is 0 Å². The average molecular weight is 140 g/mol. The van der Waals surface area contributed by atoms with Crippen molar-refractivity contribution < 1.29 is 4.79 Å². The third-order valence-corrected chi connectivity index (χ3v) is 2.34. The van der Waals surface area contributed by atoms with Gasteiger partial charge in [-0.3, -0.25) is 4.79 Å². The highest BCUT2D eigenvalue weighted by Crippen LogP contribution is 2.25. The van der Waals surface area contributed by atoms with Crippen LogP contribution in [-0.2, 0) is 4.79 Å². The molecule has 1 rings (SSSR count). The Bertz CT molecular complexity index is 118. The van der Waals surface area contributed by atoms with Crippen molar-refractivity contribution >= 4 is 5.78 Å². The standard InChI is InChI=1S/C9H16O/c1-2-3-5-8-6-4-7-9(8)10/h8H,2-7H2,1H3. The van der Waals surface area contributed by atoms with Gasteiger partial charge in [0.15, 0.2) is 0 Å². The molecule has 0 radical (unpaired) electrons. The number of unbranched alkanes of at least 4 members (excludes halogenated alkanes) is 1. The van der Waals surface area contributed by atoms with Crippen molar-refractivity contribution in [2.45, 2.75) is 45.4 Å². The maximum Gasteiger partial charge on any atom is 0.135 e. The second-order valence-electron chi connectivity index (χ2n) is 3.20. The molecule has 1 unspecified atom stereocenters. The highest BCUT2D eigenvalue weighted by molar-refractivity contribution is 5.82. The van der Waals surface area contributed by atoms with Gasteiger partial charge >= 0.3 is 0 Å². The monoisotopic (exact) mass is 140 g/mol. The molecule has 0 aliphatic heterocycles. The number of Topliss-reactive ketones (excluding diaryl/α,β-unsaturated/α-hetero) is 1. The van der Waals surface area contributed by atoms with Crippen molar-refractivity contribution in [3.05, 3.63) is 0 Å². The Balaban J connectivity index is 2.20. The van der Waals surface area contributed by atoms with Gasteiger partial charge in [-0.25, -0.2) is 0 Å². The van der Waals surface area contributed by atoms with Gasteiger partial charge in [0.1, 0.15) is 5.78 Å². The van der Waals surface area contributed by atoms with E-state index in [-0.39, 0.29) is 0 Å². The first-order chi connectivity index (χ1) is 4.84. The molecule has 0 aromatic carbocycles. The van der Waals surface area contributed by atoms with E-state index >= 15 is 0 Å². The van der Waals surface area contributed by atoms with Crippen molar-refractivity contribution in [1.82, 2.24) is 0 Å². The number of hydrogen-bond acceptors (Lipinski definition) is 1. The SMILES string of the molecule is CCCCC1CCCC1=O. The largest absolute Gasteiger partial charge is 0.299 e. The summed E-state index contributed by atoms with van der Waals surface area (Å²) in [6, 6.07) is 0. The van der Waals surface area contributed by atoms with Gasteiger partial charge in [-0.05, 0) is 19.3 Å². The van der Waals surface area contributed by atoms with Crippen molar-refractivity contribution in [3.8, 4) is 0 Å². The smallest absolute Gasteiger partial charge is 0.135 e. The Morgan fingerprint density at radius 3 is 2.90 bits per heavy atom. The first-order valence-corrected chi connectivity index (χ1v) is 4.37. The number of ketones is 1. The molecule has 58 valence electrons. The van der Waals surface area contributed by atoms with Gasteiger partial charge in [0, 0.05) is 12.3 Å². The second kappa shape index (κ2) is 3.75. The lowest BCUT2D eigenvalue weighted by Gasteiger charge is -2.04. The maximum absolute atomic E-state index is 11.1. The van der Waals surface area contributed by atoms with Crippen LogP contribution in [0.2, 0.25) is 0 Å². The summed E-state index contributed by atoms with van der Waals surface area (Å²) in [6.07, 6.45) is 6.77. The minimum Gasteiger partial charge on any atom is -0.299 e. The zero-order valence-electron chi connectivity index (χ0n) is 6.73. The number of carbonyl (C=O) groups is 1. The fourth-order valence-corrected chi connectivity index (χ4v) is 1.64. The maximum atomic E-state index is 11.1. The molecule has 0 bridgehead atoms. The number of carbonyl (C=O) groups excluding carboxylic acids is 1. The Kier molecular flexibility index (Phi) is 2.91. The van der Waals surface area contributed by atoms with Crippen LogP contribution < -0.4 is 0 Å². The van der Waals surface area contributed by atoms with Crippen molar-refractivity contribution in [2.24, 2.45) is 5.92 Å². The Morgan fingerprint density at radius 2 is 2.40 bits per heavy atom. The molecule has 0 aromatic rings. The second-order valence-corrected chi connectivity index (χ2v) is 3.20. The summed E-state index contributed by atoms with van der Waals surface area (Å²) in [5, 5.41) is 0. The molecule has 1 heteroatoms. The molecule has 10 heavy (non-hydrogen) atoms. The zero-order valence-corrected chi connectivity index (χ0v) is 6.73. The van der Waals surface area contributed by atoms with Crippen LogP contribution in [0.5, 0.6) is 0 Å². The summed E-state index contributed by atoms with van der Waals surface area (Å²) < 4.78 is 0. The van der Waals surface area contributed by atoms with Crippen LogP contribution in [0.15, 0.2) is 0 Å². The fraction of sp³-hybridized carbons (Fsp3) is 0.889. The third-order valence-electron chi connectivity index (χ3n) is 2.34. The normalized spacial score (nSPS) is 25.7. The molecule has 1 aliphatic carbocycles. The summed E-state index contributed by atoms with van der Waals surface area (Å²) in [4.78, 5) is 11.1. The summed E-state index contributed by atoms with van der Waals surface area (Å²) in [5.41, 5.74) is 0. The molecule has 1 atom stereocenters. The average Bonchev–Trinajstić information content (AvgIpc) is 2.31. The number of hydrogen-bond donors (Lipinski definition) is 0. The van der Waals surface area contributed by atoms with E-state index in [0.29, 0.717) is 11.7 Å². The predicted octanol–water partition coefficient (Wildman–Crippen LogP) is 2.55. The van der Waals surface area contributed by atoms with Crippen molar-refractivity contribution in [1.29, 1.82) is 0 Å². The minimum absolute atomic E-state index is 0.444. The summed E-state index contributed by atoms with van der Waals surface area (Å²) >= 11 is 0. The quantitative estimate of drug-likeness (QED) is 0.588. The van der Waals surface area contributed by atoms with E-state index in [1.807, 2.05) is 0 Å². The summed E-state index contributed by atoms with van der Waals surface area (Å²) in [7, 11) is 0. The topological polar surface area (TPSA) is 17.1 Å². The lowest BCUT2D eigenvalue weighted by atomic mass is 10.0. The highest BCUT2D eigenvalue weighted by Gasteiger charge is 2.22. The first kappa shape index (κ1) is 7.77. The van der Waals surface area contributed by atoms with E-state index < -0.39 is 0 Å². The third kappa shape index (κ3) is 1.83. The Labute approximate surface area is 62.8 Å². The first-order valence-electron chi connectivity index (χ1n) is 4.37. The molecule has 1 aliphatic rings. The summed E-state index contributed by atoms with van der Waals surface area (Å²) in [6.45, 7) is 2.18. The van der Waals surface area contributed by atoms with Crippen LogP contribution in [0.1, 0.15) is 45.4 Å². The molecular weight excluding hydrogens is 124 g/mol. The van der Waals surface area contributed by atoms with E-state index in [1.54, 1.807) is 0 Å². The van der Waals surface area contributed by atoms with E-state index in [1.165, 1.54) is 19.3 Å². The molecule has 0 aromatic heterocycles. The van der Waals surface area contributed by atoms with Crippen LogP contribution in [-0.4, -0.2) is 5.78 Å². The Morgan fingerprint density at radius 1 is 1.60 bits per heavy atom. The number of rotatable bonds is 3. The molecular formula is C9H16O. The van der Waals surface area contributed by atoms with E-state index in [0.717, 1.165) is 19.3 Å². The van der Waals surface area contributed by atoms with E-state index in [9.17, 15) is 4.79 Å². The molecule has 0 spiro atoms. The molecule has 1 fully saturated rings. The molecule has 1 saturated carbocycles. The van der Waals surface area contributed by atoms with Crippen LogP contribution in [0.25, 0.3) is 0 Å². The van der Waals surface area contributed by atoms with Gasteiger partial charge in [-0.2, -0.15) is 0 Å². The molecule has 0 heterocycles. The lowest BCUT2D eigenvalue weighted by molar-refractivity contribution is -0.120. The van der Waals surface area contributed by atoms with Crippen LogP contribution in [0.3, 0.4) is 0 Å². The van der Waals surface area contributed by atoms with Gasteiger partial charge in [-0.1, -0.05) is 19.8 Å². The summed E-state index contributed by atoms with van der Waals surface area (Å²) in [5.74, 6) is 0.966. The van der Waals surface area contributed by atoms with Gasteiger partial charge in [-0.15, -0.1) is 0 Å². The lowest BCUT2D eigenvalue weighted by Crippen LogP contribution is -2.05. The van der Waals surface area contributed by atoms with Gasteiger partial charge < -0.3 is 0 Å². The van der Waals surface area contributed by atoms with E-state index in [4.69, 9.17) is 0 Å². The van der Waals surface area contributed by atoms with E-state index in [2.05, 4.69) is 6.92 Å². The van der Waals surface area contributed by atoms with Gasteiger partial charge in [0.05, 0.1) is 0 Å². The molecule has 0 amide bonds. The minimum atomic E-state index is 0.444. The van der Waals surface area contributed by atoms with Crippen LogP contribution >= 0.6 is 0 Å². The predicted molar refractivity (Wildman–Crippen MR) is 41.9 cm³/mol. The fourth-order valence-electron chi connectivity index (χ4n) is 1.64.